The first-order chi connectivity index (χ1) is 10.6. The van der Waals surface area contributed by atoms with Gasteiger partial charge < -0.3 is 9.47 Å². The van der Waals surface area contributed by atoms with Crippen LogP contribution in [0.3, 0.4) is 0 Å². The van der Waals surface area contributed by atoms with E-state index in [2.05, 4.69) is 21.6 Å². The first-order valence-corrected chi connectivity index (χ1v) is 6.11. The van der Waals surface area contributed by atoms with Crippen molar-refractivity contribution in [3.05, 3.63) is 70.8 Å². The summed E-state index contributed by atoms with van der Waals surface area (Å²) in [6, 6.07) is 14.4. The number of benzene rings is 2. The van der Waals surface area contributed by atoms with Crippen LogP contribution in [0.4, 0.5) is 0 Å². The number of hydrogen-bond donors (Lipinski definition) is 0. The van der Waals surface area contributed by atoms with E-state index in [1.54, 1.807) is 12.1 Å². The van der Waals surface area contributed by atoms with E-state index in [0.717, 1.165) is 0 Å². The van der Waals surface area contributed by atoms with E-state index in [0.29, 0.717) is 22.3 Å². The molecule has 2 aliphatic heterocycles. The molecule has 0 bridgehead atoms. The van der Waals surface area contributed by atoms with Crippen molar-refractivity contribution in [3.63, 3.8) is 0 Å². The first kappa shape index (κ1) is 16.7. The van der Waals surface area contributed by atoms with Crippen LogP contribution < -0.4 is 0 Å². The minimum absolute atomic E-state index is 0. The van der Waals surface area contributed by atoms with Crippen molar-refractivity contribution in [1.29, 1.82) is 0 Å². The van der Waals surface area contributed by atoms with Crippen molar-refractivity contribution in [2.45, 2.75) is 0 Å². The van der Waals surface area contributed by atoms with Crippen LogP contribution in [-0.4, -0.2) is 23.9 Å². The Morgan fingerprint density at radius 3 is 1.30 bits per heavy atom. The Balaban J connectivity index is 0.000000160. The number of cyclic esters (lactones) is 4. The van der Waals surface area contributed by atoms with Gasteiger partial charge >= 0.3 is 31.4 Å². The summed E-state index contributed by atoms with van der Waals surface area (Å²) in [6.07, 6.45) is 0. The van der Waals surface area contributed by atoms with Gasteiger partial charge in [0.05, 0.1) is 0 Å². The van der Waals surface area contributed by atoms with Crippen molar-refractivity contribution in [3.8, 4) is 0 Å². The third kappa shape index (κ3) is 3.10. The Morgan fingerprint density at radius 2 is 0.957 bits per heavy atom. The predicted molar refractivity (Wildman–Crippen MR) is 70.0 cm³/mol. The monoisotopic (exact) mass is 358 g/mol. The van der Waals surface area contributed by atoms with Crippen LogP contribution >= 0.6 is 0 Å². The van der Waals surface area contributed by atoms with Gasteiger partial charge in [0.25, 0.3) is 11.9 Å². The zero-order valence-electron chi connectivity index (χ0n) is 11.6. The van der Waals surface area contributed by atoms with E-state index < -0.39 is 23.9 Å². The molecule has 0 aliphatic carbocycles. The quantitative estimate of drug-likeness (QED) is 0.307. The van der Waals surface area contributed by atoms with Gasteiger partial charge in [-0.25, -0.2) is 9.59 Å². The molecular weight excluding hydrogens is 354 g/mol. The van der Waals surface area contributed by atoms with Gasteiger partial charge in [0.15, 0.2) is 0 Å². The Kier molecular flexibility index (Phi) is 4.81. The van der Waals surface area contributed by atoms with Crippen LogP contribution in [-0.2, 0) is 29.0 Å². The minimum atomic E-state index is -0.582. The van der Waals surface area contributed by atoms with E-state index in [1.807, 2.05) is 0 Å². The molecule has 0 radical (unpaired) electrons. The zero-order valence-corrected chi connectivity index (χ0v) is 14.6. The summed E-state index contributed by atoms with van der Waals surface area (Å²) >= 11 is 0. The molecule has 2 heterocycles. The second-order valence-corrected chi connectivity index (χ2v) is 4.30. The maximum atomic E-state index is 10.8. The molecule has 0 spiro atoms. The van der Waals surface area contributed by atoms with Crippen molar-refractivity contribution in [1.82, 2.24) is 0 Å². The molecular formula is C16H6O6Zn. The van der Waals surface area contributed by atoms with Gasteiger partial charge in [0.1, 0.15) is 0 Å². The Morgan fingerprint density at radius 1 is 0.609 bits per heavy atom. The Labute approximate surface area is 143 Å². The summed E-state index contributed by atoms with van der Waals surface area (Å²) in [5.41, 5.74) is 1.26. The molecule has 0 fully saturated rings. The number of hydrogen-bond acceptors (Lipinski definition) is 6. The van der Waals surface area contributed by atoms with E-state index in [-0.39, 0.29) is 19.5 Å². The Hall–Kier alpha value is -2.66. The molecule has 0 saturated heterocycles. The van der Waals surface area contributed by atoms with Gasteiger partial charge in [-0.1, -0.05) is 0 Å². The maximum absolute atomic E-state index is 10.8. The number of fused-ring (bicyclic) bond motifs is 2. The molecule has 23 heavy (non-hydrogen) atoms. The smallest absolute Gasteiger partial charge is 0.397 e. The molecule has 0 N–H and O–H groups in total. The number of carbonyl (C=O) groups is 4. The average Bonchev–Trinajstić information content (AvgIpc) is 2.99. The normalized spacial score (nSPS) is 13.9. The fourth-order valence-corrected chi connectivity index (χ4v) is 1.94. The van der Waals surface area contributed by atoms with Crippen LogP contribution in [0, 0.1) is 12.1 Å². The van der Waals surface area contributed by atoms with E-state index in [1.165, 1.54) is 24.3 Å². The van der Waals surface area contributed by atoms with Crippen LogP contribution in [0.1, 0.15) is 41.4 Å². The molecule has 6 nitrogen and oxygen atoms in total. The van der Waals surface area contributed by atoms with Crippen molar-refractivity contribution in [2.24, 2.45) is 0 Å². The third-order valence-electron chi connectivity index (χ3n) is 2.98. The molecule has 2 aliphatic rings. The topological polar surface area (TPSA) is 86.7 Å². The summed E-state index contributed by atoms with van der Waals surface area (Å²) in [6.45, 7) is 0. The summed E-state index contributed by atoms with van der Waals surface area (Å²) in [4.78, 5) is 43.3. The van der Waals surface area contributed by atoms with Crippen molar-refractivity contribution >= 4 is 23.9 Å². The summed E-state index contributed by atoms with van der Waals surface area (Å²) in [7, 11) is 0. The molecule has 2 aromatic carbocycles. The van der Waals surface area contributed by atoms with Gasteiger partial charge in [-0.15, -0.1) is 0 Å². The second kappa shape index (κ2) is 6.63. The largest absolute Gasteiger partial charge is 2.00 e. The number of carbonyl (C=O) groups excluding carboxylic acids is 4. The summed E-state index contributed by atoms with van der Waals surface area (Å²) < 4.78 is 8.67. The van der Waals surface area contributed by atoms with Crippen molar-refractivity contribution in [2.75, 3.05) is 0 Å². The fourth-order valence-electron chi connectivity index (χ4n) is 1.94. The molecule has 108 valence electrons. The Bertz CT molecular complexity index is 691. The van der Waals surface area contributed by atoms with Gasteiger partial charge in [-0.2, -0.15) is 48.5 Å². The second-order valence-electron chi connectivity index (χ2n) is 4.30. The third-order valence-corrected chi connectivity index (χ3v) is 2.98. The minimum Gasteiger partial charge on any atom is -0.397 e. The van der Waals surface area contributed by atoms with Crippen LogP contribution in [0.5, 0.6) is 0 Å². The van der Waals surface area contributed by atoms with E-state index >= 15 is 0 Å². The standard InChI is InChI=1S/2C8H3O3.Zn/c2*9-7-5-3-1-2-4-6(5)8(10)11-7;/h2*1,3-4H;/q2*-1;+2. The molecule has 0 amide bonds. The predicted octanol–water partition coefficient (Wildman–Crippen LogP) is 1.59. The van der Waals surface area contributed by atoms with Gasteiger partial charge in [-0.05, 0) is 22.3 Å². The van der Waals surface area contributed by atoms with Crippen molar-refractivity contribution < 1.29 is 48.1 Å². The molecule has 0 unspecified atom stereocenters. The van der Waals surface area contributed by atoms with E-state index in [9.17, 15) is 19.2 Å². The van der Waals surface area contributed by atoms with Gasteiger partial charge in [0, 0.05) is 0 Å². The summed E-state index contributed by atoms with van der Waals surface area (Å²) in [5, 5.41) is 0. The van der Waals surface area contributed by atoms with Gasteiger partial charge in [0.2, 0.25) is 0 Å². The zero-order chi connectivity index (χ0) is 15.7. The van der Waals surface area contributed by atoms with Gasteiger partial charge in [-0.3, -0.25) is 9.59 Å². The molecule has 2 aromatic rings. The van der Waals surface area contributed by atoms with Crippen LogP contribution in [0.2, 0.25) is 0 Å². The fraction of sp³-hybridized carbons (Fsp3) is 0. The molecule has 7 heteroatoms. The molecule has 0 saturated carbocycles. The molecule has 0 aromatic heterocycles. The molecule has 4 rings (SSSR count). The average molecular weight is 360 g/mol. The first-order valence-electron chi connectivity index (χ1n) is 6.11. The number of rotatable bonds is 0. The number of ether oxygens (including phenoxy) is 2. The number of esters is 4. The SMILES string of the molecule is O=C1OC(=O)c2cc[c-]cc21.O=C1OC(=O)c2cc[c-]cc21.[Zn+2]. The van der Waals surface area contributed by atoms with Crippen LogP contribution in [0.15, 0.2) is 36.4 Å². The maximum Gasteiger partial charge on any atom is 2.00 e. The van der Waals surface area contributed by atoms with E-state index in [4.69, 9.17) is 0 Å². The summed E-state index contributed by atoms with van der Waals surface area (Å²) in [5.74, 6) is -2.30. The van der Waals surface area contributed by atoms with Crippen LogP contribution in [0.25, 0.3) is 0 Å². The molecule has 0 atom stereocenters.